The number of benzene rings is 1. The molecule has 1 fully saturated rings. The lowest BCUT2D eigenvalue weighted by molar-refractivity contribution is 0.00816. The molecule has 10 nitrogen and oxygen atoms in total. The van der Waals surface area contributed by atoms with Crippen molar-refractivity contribution >= 4 is 33.1 Å². The number of pyridine rings is 1. The number of ether oxygens (including phenoxy) is 2. The number of nitrogens with zero attached hydrogens (tertiary/aromatic N) is 4. The fourth-order valence-electron chi connectivity index (χ4n) is 3.61. The minimum absolute atomic E-state index is 0.0213. The summed E-state index contributed by atoms with van der Waals surface area (Å²) in [4.78, 5) is 30.6. The van der Waals surface area contributed by atoms with E-state index in [9.17, 15) is 18.0 Å². The van der Waals surface area contributed by atoms with Gasteiger partial charge in [-0.1, -0.05) is 17.7 Å². The topological polar surface area (TPSA) is 121 Å². The molecule has 34 heavy (non-hydrogen) atoms. The number of hydrogen-bond acceptors (Lipinski definition) is 8. The Morgan fingerprint density at radius 1 is 1.12 bits per heavy atom. The number of carbonyl (C=O) groups excluding carboxylic acids is 2. The number of fused-ring (bicyclic) bond motifs is 1. The van der Waals surface area contributed by atoms with Gasteiger partial charge in [-0.25, -0.2) is 14.6 Å². The third-order valence-electron chi connectivity index (χ3n) is 5.44. The van der Waals surface area contributed by atoms with Crippen LogP contribution in [0.15, 0.2) is 41.4 Å². The number of aryl methyl sites for hydroxylation is 1. The molecule has 0 N–H and O–H groups in total. The predicted molar refractivity (Wildman–Crippen MR) is 123 cm³/mol. The maximum Gasteiger partial charge on any atom is 0.410 e. The van der Waals surface area contributed by atoms with Crippen LogP contribution in [0.25, 0.3) is 11.0 Å². The molecule has 1 aliphatic rings. The van der Waals surface area contributed by atoms with E-state index in [0.717, 1.165) is 15.2 Å². The van der Waals surface area contributed by atoms with E-state index >= 15 is 0 Å². The van der Waals surface area contributed by atoms with Crippen molar-refractivity contribution in [2.24, 2.45) is 0 Å². The zero-order chi connectivity index (χ0) is 24.8. The predicted octanol–water partition coefficient (Wildman–Crippen LogP) is 3.10. The second kappa shape index (κ2) is 8.39. The maximum absolute atomic E-state index is 13.3. The lowest BCUT2D eigenvalue weighted by Crippen LogP contribution is -2.50. The Balaban J connectivity index is 1.69. The van der Waals surface area contributed by atoms with Crippen molar-refractivity contribution in [1.29, 1.82) is 0 Å². The first-order valence-electron chi connectivity index (χ1n) is 10.7. The first kappa shape index (κ1) is 23.7. The van der Waals surface area contributed by atoms with Crippen molar-refractivity contribution in [3.8, 4) is 0 Å². The fourth-order valence-corrected chi connectivity index (χ4v) is 4.85. The SMILES string of the molecule is COC(=O)c1nn(S(=O)(=O)c2ccc(C)cc2)c2ncc(C3CN(C(=O)OC(C)(C)C)C3)cc12. The molecule has 3 heterocycles. The van der Waals surface area contributed by atoms with Crippen molar-refractivity contribution in [2.75, 3.05) is 20.2 Å². The molecule has 1 aromatic carbocycles. The average molecular weight is 487 g/mol. The molecule has 2 aromatic heterocycles. The monoisotopic (exact) mass is 486 g/mol. The molecule has 1 aliphatic heterocycles. The van der Waals surface area contributed by atoms with Gasteiger partial charge in [-0.2, -0.15) is 8.42 Å². The van der Waals surface area contributed by atoms with E-state index in [1.165, 1.54) is 19.2 Å². The van der Waals surface area contributed by atoms with Gasteiger partial charge in [0.05, 0.1) is 17.4 Å². The van der Waals surface area contributed by atoms with Gasteiger partial charge in [0.2, 0.25) is 0 Å². The standard InChI is InChI=1S/C23H26N4O6S/c1-14-6-8-17(9-7-14)34(30,31)27-20-18(19(25-27)21(28)32-5)10-15(11-24-20)16-12-26(13-16)22(29)33-23(2,3)4/h6-11,16H,12-13H2,1-5H3. The largest absolute Gasteiger partial charge is 0.464 e. The van der Waals surface area contributed by atoms with Crippen LogP contribution in [0.1, 0.15) is 48.3 Å². The van der Waals surface area contributed by atoms with Crippen molar-refractivity contribution in [3.63, 3.8) is 0 Å². The number of esters is 1. The van der Waals surface area contributed by atoms with E-state index in [1.807, 2.05) is 6.92 Å². The summed E-state index contributed by atoms with van der Waals surface area (Å²) in [5.74, 6) is -0.808. The molecule has 1 saturated heterocycles. The minimum Gasteiger partial charge on any atom is -0.464 e. The van der Waals surface area contributed by atoms with Crippen LogP contribution in [0.3, 0.4) is 0 Å². The summed E-state index contributed by atoms with van der Waals surface area (Å²) in [5, 5.41) is 4.33. The van der Waals surface area contributed by atoms with Gasteiger partial charge < -0.3 is 14.4 Å². The number of hydrogen-bond donors (Lipinski definition) is 0. The van der Waals surface area contributed by atoms with E-state index in [-0.39, 0.29) is 27.5 Å². The maximum atomic E-state index is 13.3. The van der Waals surface area contributed by atoms with Crippen LogP contribution in [0, 0.1) is 6.92 Å². The van der Waals surface area contributed by atoms with Crippen molar-refractivity contribution in [1.82, 2.24) is 19.1 Å². The molecule has 0 atom stereocenters. The molecule has 0 aliphatic carbocycles. The first-order valence-corrected chi connectivity index (χ1v) is 12.1. The summed E-state index contributed by atoms with van der Waals surface area (Å²) in [7, 11) is -2.90. The lowest BCUT2D eigenvalue weighted by atomic mass is 9.92. The van der Waals surface area contributed by atoms with E-state index in [1.54, 1.807) is 50.1 Å². The highest BCUT2D eigenvalue weighted by Gasteiger charge is 2.36. The Bertz CT molecular complexity index is 1370. The highest BCUT2D eigenvalue weighted by atomic mass is 32.2. The minimum atomic E-state index is -4.10. The number of likely N-dealkylation sites (tertiary alicyclic amines) is 1. The normalized spacial score (nSPS) is 14.7. The second-order valence-corrected chi connectivity index (χ2v) is 11.0. The van der Waals surface area contributed by atoms with Crippen LogP contribution in [0.2, 0.25) is 0 Å². The Morgan fingerprint density at radius 3 is 2.35 bits per heavy atom. The van der Waals surface area contributed by atoms with Crippen molar-refractivity contribution in [3.05, 3.63) is 53.3 Å². The fraction of sp³-hybridized carbons (Fsp3) is 0.391. The van der Waals surface area contributed by atoms with Gasteiger partial charge in [0, 0.05) is 25.2 Å². The molecular weight excluding hydrogens is 460 g/mol. The highest BCUT2D eigenvalue weighted by molar-refractivity contribution is 7.90. The summed E-state index contributed by atoms with van der Waals surface area (Å²) < 4.78 is 37.5. The molecular formula is C23H26N4O6S. The van der Waals surface area contributed by atoms with Gasteiger partial charge in [-0.3, -0.25) is 0 Å². The van der Waals surface area contributed by atoms with Crippen LogP contribution in [0.5, 0.6) is 0 Å². The molecule has 1 amide bonds. The Morgan fingerprint density at radius 2 is 1.76 bits per heavy atom. The summed E-state index contributed by atoms with van der Waals surface area (Å²) in [5.41, 5.74) is 0.946. The highest BCUT2D eigenvalue weighted by Crippen LogP contribution is 2.31. The Hall–Kier alpha value is -3.47. The summed E-state index contributed by atoms with van der Waals surface area (Å²) in [6, 6.07) is 7.99. The van der Waals surface area contributed by atoms with Crippen LogP contribution in [-0.2, 0) is 19.5 Å². The Kier molecular flexibility index (Phi) is 5.84. The smallest absolute Gasteiger partial charge is 0.410 e. The van der Waals surface area contributed by atoms with Crippen LogP contribution < -0.4 is 0 Å². The Labute approximate surface area is 197 Å². The molecule has 0 unspecified atom stereocenters. The van der Waals surface area contributed by atoms with Gasteiger partial charge in [-0.05, 0) is 51.5 Å². The number of amides is 1. The van der Waals surface area contributed by atoms with Gasteiger partial charge >= 0.3 is 12.1 Å². The summed E-state index contributed by atoms with van der Waals surface area (Å²) in [6.07, 6.45) is 1.15. The van der Waals surface area contributed by atoms with Gasteiger partial charge in [0.25, 0.3) is 10.0 Å². The molecule has 180 valence electrons. The molecule has 0 bridgehead atoms. The second-order valence-electron chi connectivity index (χ2n) is 9.22. The molecule has 4 rings (SSSR count). The number of methoxy groups -OCH3 is 1. The van der Waals surface area contributed by atoms with Crippen LogP contribution >= 0.6 is 0 Å². The molecule has 11 heteroatoms. The van der Waals surface area contributed by atoms with Crippen molar-refractivity contribution < 1.29 is 27.5 Å². The first-order chi connectivity index (χ1) is 15.9. The van der Waals surface area contributed by atoms with E-state index < -0.39 is 27.7 Å². The molecule has 0 radical (unpaired) electrons. The molecule has 3 aromatic rings. The quantitative estimate of drug-likeness (QED) is 0.516. The van der Waals surface area contributed by atoms with Gasteiger partial charge in [0.15, 0.2) is 11.3 Å². The van der Waals surface area contributed by atoms with Crippen LogP contribution in [-0.4, -0.2) is 65.4 Å². The third kappa shape index (κ3) is 4.35. The van der Waals surface area contributed by atoms with E-state index in [2.05, 4.69) is 10.1 Å². The zero-order valence-electron chi connectivity index (χ0n) is 19.6. The van der Waals surface area contributed by atoms with Crippen LogP contribution in [0.4, 0.5) is 4.79 Å². The molecule has 0 saturated carbocycles. The van der Waals surface area contributed by atoms with Gasteiger partial charge in [-0.15, -0.1) is 9.19 Å². The molecule has 0 spiro atoms. The van der Waals surface area contributed by atoms with Gasteiger partial charge in [0.1, 0.15) is 5.60 Å². The summed E-state index contributed by atoms with van der Waals surface area (Å²) in [6.45, 7) is 8.10. The summed E-state index contributed by atoms with van der Waals surface area (Å²) >= 11 is 0. The average Bonchev–Trinajstić information content (AvgIpc) is 3.11. The van der Waals surface area contributed by atoms with E-state index in [4.69, 9.17) is 9.47 Å². The number of rotatable bonds is 4. The third-order valence-corrected chi connectivity index (χ3v) is 7.02. The van der Waals surface area contributed by atoms with E-state index in [0.29, 0.717) is 13.1 Å². The number of carbonyl (C=O) groups is 2. The lowest BCUT2D eigenvalue weighted by Gasteiger charge is -2.39. The van der Waals surface area contributed by atoms with Crippen molar-refractivity contribution in [2.45, 2.75) is 44.1 Å². The zero-order valence-corrected chi connectivity index (χ0v) is 20.4. The number of aromatic nitrogens is 3.